The maximum absolute atomic E-state index is 12.9. The Labute approximate surface area is 179 Å². The molecule has 156 valence electrons. The van der Waals surface area contributed by atoms with Gasteiger partial charge in [-0.15, -0.1) is 22.7 Å². The van der Waals surface area contributed by atoms with Crippen molar-refractivity contribution in [2.45, 2.75) is 65.1 Å². The normalized spacial score (nSPS) is 17.2. The Morgan fingerprint density at radius 2 is 1.90 bits per heavy atom. The van der Waals surface area contributed by atoms with Gasteiger partial charge in [0, 0.05) is 34.3 Å². The largest absolute Gasteiger partial charge is 0.388 e. The fourth-order valence-electron chi connectivity index (χ4n) is 4.09. The average Bonchev–Trinajstić information content (AvgIpc) is 3.25. The van der Waals surface area contributed by atoms with Crippen LogP contribution in [-0.2, 0) is 19.5 Å². The van der Waals surface area contributed by atoms with Crippen molar-refractivity contribution >= 4 is 32.9 Å². The first kappa shape index (κ1) is 20.7. The molecule has 3 aromatic rings. The van der Waals surface area contributed by atoms with Crippen LogP contribution in [0.3, 0.4) is 0 Å². The zero-order chi connectivity index (χ0) is 20.6. The Hall–Kier alpha value is -1.54. The third-order valence-corrected chi connectivity index (χ3v) is 8.25. The van der Waals surface area contributed by atoms with Crippen molar-refractivity contribution < 1.29 is 5.11 Å². The molecule has 7 heteroatoms. The van der Waals surface area contributed by atoms with Gasteiger partial charge in [0.05, 0.1) is 23.9 Å². The van der Waals surface area contributed by atoms with Crippen molar-refractivity contribution in [3.63, 3.8) is 0 Å². The minimum Gasteiger partial charge on any atom is -0.388 e. The van der Waals surface area contributed by atoms with Gasteiger partial charge in [0.1, 0.15) is 4.83 Å². The van der Waals surface area contributed by atoms with Gasteiger partial charge in [0.2, 0.25) is 0 Å². The lowest BCUT2D eigenvalue weighted by Gasteiger charge is -2.38. The van der Waals surface area contributed by atoms with Crippen molar-refractivity contribution in [2.24, 2.45) is 0 Å². The van der Waals surface area contributed by atoms with E-state index in [1.165, 1.54) is 16.2 Å². The zero-order valence-corrected chi connectivity index (χ0v) is 19.0. The quantitative estimate of drug-likeness (QED) is 0.638. The number of piperidine rings is 1. The molecule has 1 saturated heterocycles. The summed E-state index contributed by atoms with van der Waals surface area (Å²) in [5, 5.41) is 11.8. The number of aromatic nitrogens is 2. The lowest BCUT2D eigenvalue weighted by Crippen LogP contribution is -2.47. The van der Waals surface area contributed by atoms with Gasteiger partial charge < -0.3 is 5.11 Å². The molecule has 0 saturated carbocycles. The lowest BCUT2D eigenvalue weighted by atomic mass is 9.91. The number of fused-ring (bicyclic) bond motifs is 1. The number of likely N-dealkylation sites (tertiary alicyclic amines) is 1. The van der Waals surface area contributed by atoms with Crippen LogP contribution in [0, 0.1) is 13.8 Å². The second-order valence-electron chi connectivity index (χ2n) is 8.26. The highest BCUT2D eigenvalue weighted by Gasteiger charge is 2.33. The predicted molar refractivity (Wildman–Crippen MR) is 121 cm³/mol. The van der Waals surface area contributed by atoms with Crippen LogP contribution in [0.25, 0.3) is 10.2 Å². The zero-order valence-electron chi connectivity index (χ0n) is 17.4. The average molecular weight is 432 g/mol. The van der Waals surface area contributed by atoms with E-state index in [0.29, 0.717) is 24.8 Å². The lowest BCUT2D eigenvalue weighted by molar-refractivity contribution is -0.0363. The van der Waals surface area contributed by atoms with E-state index in [2.05, 4.69) is 28.9 Å². The summed E-state index contributed by atoms with van der Waals surface area (Å²) in [4.78, 5) is 24.6. The van der Waals surface area contributed by atoms with Gasteiger partial charge in [0.15, 0.2) is 0 Å². The first-order valence-corrected chi connectivity index (χ1v) is 12.0. The van der Waals surface area contributed by atoms with Gasteiger partial charge in [-0.05, 0) is 50.8 Å². The number of hydrogen-bond donors (Lipinski definition) is 1. The van der Waals surface area contributed by atoms with Gasteiger partial charge in [-0.2, -0.15) is 0 Å². The molecule has 4 heterocycles. The van der Waals surface area contributed by atoms with Crippen molar-refractivity contribution in [3.8, 4) is 0 Å². The van der Waals surface area contributed by atoms with Crippen LogP contribution in [0.1, 0.15) is 46.4 Å². The summed E-state index contributed by atoms with van der Waals surface area (Å²) in [6.07, 6.45) is 5.28. The standard InChI is InChI=1S/C22H29N3O2S2/c1-4-5-17-6-7-18(29-17)12-24-10-8-22(27,9-11-24)13-25-14-23-20-19(21(25)26)15(2)16(3)28-20/h6-7,14,27H,4-5,8-13H2,1-3H3. The molecule has 5 nitrogen and oxygen atoms in total. The molecule has 0 amide bonds. The van der Waals surface area contributed by atoms with Crippen LogP contribution >= 0.6 is 22.7 Å². The monoisotopic (exact) mass is 431 g/mol. The molecule has 4 rings (SSSR count). The van der Waals surface area contributed by atoms with Crippen molar-refractivity contribution in [1.29, 1.82) is 0 Å². The summed E-state index contributed by atoms with van der Waals surface area (Å²) < 4.78 is 1.60. The maximum atomic E-state index is 12.9. The minimum absolute atomic E-state index is 0.0326. The molecule has 1 N–H and O–H groups in total. The fourth-order valence-corrected chi connectivity index (χ4v) is 6.24. The Balaban J connectivity index is 1.42. The van der Waals surface area contributed by atoms with E-state index in [9.17, 15) is 9.90 Å². The number of rotatable bonds is 6. The van der Waals surface area contributed by atoms with E-state index in [0.717, 1.165) is 41.3 Å². The summed E-state index contributed by atoms with van der Waals surface area (Å²) in [5.41, 5.74) is 0.129. The molecule has 0 unspecified atom stereocenters. The molecule has 0 aliphatic carbocycles. The summed E-state index contributed by atoms with van der Waals surface area (Å²) in [7, 11) is 0. The minimum atomic E-state index is -0.850. The molecule has 1 aliphatic heterocycles. The van der Waals surface area contributed by atoms with E-state index in [1.807, 2.05) is 25.2 Å². The fraction of sp³-hybridized carbons (Fsp3) is 0.545. The first-order chi connectivity index (χ1) is 13.9. The van der Waals surface area contributed by atoms with E-state index >= 15 is 0 Å². The topological polar surface area (TPSA) is 58.4 Å². The van der Waals surface area contributed by atoms with Crippen LogP contribution in [0.5, 0.6) is 0 Å². The Kier molecular flexibility index (Phi) is 5.93. The molecule has 0 spiro atoms. The van der Waals surface area contributed by atoms with Gasteiger partial charge >= 0.3 is 0 Å². The summed E-state index contributed by atoms with van der Waals surface area (Å²) in [6.45, 7) is 9.17. The second kappa shape index (κ2) is 8.30. The van der Waals surface area contributed by atoms with Crippen LogP contribution in [0.4, 0.5) is 0 Å². The van der Waals surface area contributed by atoms with Crippen molar-refractivity contribution in [1.82, 2.24) is 14.5 Å². The van der Waals surface area contributed by atoms with Gasteiger partial charge in [0.25, 0.3) is 5.56 Å². The van der Waals surface area contributed by atoms with Gasteiger partial charge in [-0.1, -0.05) is 13.3 Å². The van der Waals surface area contributed by atoms with E-state index < -0.39 is 5.60 Å². The summed E-state index contributed by atoms with van der Waals surface area (Å²) >= 11 is 3.46. The molecule has 0 radical (unpaired) electrons. The molecule has 0 bridgehead atoms. The number of thiophene rings is 2. The van der Waals surface area contributed by atoms with Gasteiger partial charge in [-0.25, -0.2) is 4.98 Å². The number of hydrogen-bond acceptors (Lipinski definition) is 6. The highest BCUT2D eigenvalue weighted by molar-refractivity contribution is 7.18. The predicted octanol–water partition coefficient (Wildman–Crippen LogP) is 4.12. The number of nitrogens with zero attached hydrogens (tertiary/aromatic N) is 3. The van der Waals surface area contributed by atoms with Crippen molar-refractivity contribution in [3.05, 3.63) is 49.0 Å². The Morgan fingerprint density at radius 1 is 1.17 bits per heavy atom. The van der Waals surface area contributed by atoms with E-state index in [1.54, 1.807) is 22.2 Å². The van der Waals surface area contributed by atoms with Crippen molar-refractivity contribution in [2.75, 3.05) is 13.1 Å². The molecule has 1 aliphatic rings. The van der Waals surface area contributed by atoms with Crippen LogP contribution in [0.2, 0.25) is 0 Å². The van der Waals surface area contributed by atoms with E-state index in [-0.39, 0.29) is 5.56 Å². The third kappa shape index (κ3) is 4.33. The molecule has 0 atom stereocenters. The highest BCUT2D eigenvalue weighted by Crippen LogP contribution is 2.28. The smallest absolute Gasteiger partial charge is 0.262 e. The maximum Gasteiger partial charge on any atom is 0.262 e. The van der Waals surface area contributed by atoms with E-state index in [4.69, 9.17) is 0 Å². The number of aliphatic hydroxyl groups is 1. The van der Waals surface area contributed by atoms with Gasteiger partial charge in [-0.3, -0.25) is 14.3 Å². The van der Waals surface area contributed by atoms with Crippen LogP contribution < -0.4 is 5.56 Å². The van der Waals surface area contributed by atoms with Crippen LogP contribution in [-0.4, -0.2) is 38.2 Å². The SMILES string of the molecule is CCCc1ccc(CN2CCC(O)(Cn3cnc4sc(C)c(C)c4c3=O)CC2)s1. The molecule has 3 aromatic heterocycles. The second-order valence-corrected chi connectivity index (χ2v) is 10.7. The summed E-state index contributed by atoms with van der Waals surface area (Å²) in [6, 6.07) is 4.48. The molecule has 0 aromatic carbocycles. The third-order valence-electron chi connectivity index (χ3n) is 6.00. The number of aryl methyl sites for hydroxylation is 3. The molecule has 29 heavy (non-hydrogen) atoms. The summed E-state index contributed by atoms with van der Waals surface area (Å²) in [5.74, 6) is 0. The molecular formula is C22H29N3O2S2. The molecular weight excluding hydrogens is 402 g/mol. The highest BCUT2D eigenvalue weighted by atomic mass is 32.1. The van der Waals surface area contributed by atoms with Crippen LogP contribution in [0.15, 0.2) is 23.3 Å². The Morgan fingerprint density at radius 3 is 2.62 bits per heavy atom. The Bertz CT molecular complexity index is 1060. The first-order valence-electron chi connectivity index (χ1n) is 10.4. The molecule has 1 fully saturated rings.